The van der Waals surface area contributed by atoms with Gasteiger partial charge in [0.2, 0.25) is 5.91 Å². The van der Waals surface area contributed by atoms with Crippen molar-refractivity contribution in [2.75, 3.05) is 13.7 Å². The van der Waals surface area contributed by atoms with E-state index in [0.717, 1.165) is 11.1 Å². The third-order valence-electron chi connectivity index (χ3n) is 6.30. The Kier molecular flexibility index (Phi) is 7.14. The zero-order valence-corrected chi connectivity index (χ0v) is 19.2. The quantitative estimate of drug-likeness (QED) is 0.435. The summed E-state index contributed by atoms with van der Waals surface area (Å²) in [4.78, 5) is 52.5. The molecule has 2 heterocycles. The van der Waals surface area contributed by atoms with Gasteiger partial charge < -0.3 is 19.5 Å². The number of ether oxygens (including phenoxy) is 2. The van der Waals surface area contributed by atoms with E-state index >= 15 is 0 Å². The third kappa shape index (κ3) is 4.89. The second-order valence-electron chi connectivity index (χ2n) is 8.33. The molecule has 2 aromatic rings. The second kappa shape index (κ2) is 10.4. The number of nitrogens with zero attached hydrogens (tertiary/aromatic N) is 2. The molecule has 2 aromatic carbocycles. The van der Waals surface area contributed by atoms with E-state index < -0.39 is 48.1 Å². The van der Waals surface area contributed by atoms with E-state index in [1.807, 2.05) is 60.7 Å². The molecule has 0 saturated carbocycles. The number of carboxylic acids is 1. The van der Waals surface area contributed by atoms with Crippen molar-refractivity contribution < 1.29 is 33.8 Å². The second-order valence-corrected chi connectivity index (χ2v) is 8.33. The Labute approximate surface area is 202 Å². The van der Waals surface area contributed by atoms with Gasteiger partial charge in [0.15, 0.2) is 0 Å². The fourth-order valence-corrected chi connectivity index (χ4v) is 4.54. The summed E-state index contributed by atoms with van der Waals surface area (Å²) >= 11 is 0. The molecule has 0 aromatic heterocycles. The van der Waals surface area contributed by atoms with Crippen LogP contribution in [0.1, 0.15) is 30.0 Å². The molecule has 9 heteroatoms. The SMILES string of the molecule is COC(=O)CCC(C(=O)O)N1C(=O)C(N2C(=O)OC[C@@H]2c2ccccc2)C1C=Cc1ccccc1. The summed E-state index contributed by atoms with van der Waals surface area (Å²) in [6.07, 6.45) is 2.62. The topological polar surface area (TPSA) is 113 Å². The molecule has 2 aliphatic heterocycles. The minimum absolute atomic E-state index is 0.0897. The van der Waals surface area contributed by atoms with Crippen LogP contribution < -0.4 is 0 Å². The molecule has 2 fully saturated rings. The number of hydrogen-bond donors (Lipinski definition) is 1. The molecule has 35 heavy (non-hydrogen) atoms. The van der Waals surface area contributed by atoms with Crippen LogP contribution in [0.2, 0.25) is 0 Å². The average molecular weight is 479 g/mol. The van der Waals surface area contributed by atoms with Crippen LogP contribution in [0.25, 0.3) is 6.08 Å². The van der Waals surface area contributed by atoms with Crippen molar-refractivity contribution in [2.45, 2.75) is 37.0 Å². The number of benzene rings is 2. The Hall–Kier alpha value is -4.14. The first-order valence-corrected chi connectivity index (χ1v) is 11.3. The van der Waals surface area contributed by atoms with Gasteiger partial charge in [-0.15, -0.1) is 0 Å². The van der Waals surface area contributed by atoms with Crippen molar-refractivity contribution in [1.29, 1.82) is 0 Å². The lowest BCUT2D eigenvalue weighted by atomic mass is 9.87. The van der Waals surface area contributed by atoms with Gasteiger partial charge >= 0.3 is 18.0 Å². The van der Waals surface area contributed by atoms with Crippen LogP contribution >= 0.6 is 0 Å². The maximum Gasteiger partial charge on any atom is 0.411 e. The first-order valence-electron chi connectivity index (χ1n) is 11.3. The maximum atomic E-state index is 13.4. The molecule has 4 rings (SSSR count). The van der Waals surface area contributed by atoms with Gasteiger partial charge in [0, 0.05) is 6.42 Å². The third-order valence-corrected chi connectivity index (χ3v) is 6.30. The molecule has 4 atom stereocenters. The summed E-state index contributed by atoms with van der Waals surface area (Å²) in [5, 5.41) is 9.87. The Bertz CT molecular complexity index is 1120. The van der Waals surface area contributed by atoms with Gasteiger partial charge in [0.05, 0.1) is 19.2 Å². The highest BCUT2D eigenvalue weighted by molar-refractivity contribution is 5.97. The highest BCUT2D eigenvalue weighted by Gasteiger charge is 2.58. The normalized spacial score (nSPS) is 22.6. The van der Waals surface area contributed by atoms with Crippen molar-refractivity contribution in [2.24, 2.45) is 0 Å². The molecule has 2 saturated heterocycles. The summed E-state index contributed by atoms with van der Waals surface area (Å²) in [7, 11) is 1.22. The monoisotopic (exact) mass is 478 g/mol. The van der Waals surface area contributed by atoms with E-state index in [1.165, 1.54) is 16.9 Å². The molecule has 0 radical (unpaired) electrons. The highest BCUT2D eigenvalue weighted by atomic mass is 16.6. The fraction of sp³-hybridized carbons (Fsp3) is 0.308. The molecule has 2 amide bonds. The number of aliphatic carboxylic acids is 1. The number of cyclic esters (lactones) is 1. The number of carbonyl (C=O) groups is 4. The van der Waals surface area contributed by atoms with Crippen LogP contribution in [0, 0.1) is 0 Å². The van der Waals surface area contributed by atoms with E-state index in [0.29, 0.717) is 0 Å². The molecule has 2 aliphatic rings. The van der Waals surface area contributed by atoms with Gasteiger partial charge in [-0.05, 0) is 17.5 Å². The largest absolute Gasteiger partial charge is 0.480 e. The lowest BCUT2D eigenvalue weighted by Gasteiger charge is -2.51. The van der Waals surface area contributed by atoms with Gasteiger partial charge in [-0.25, -0.2) is 9.59 Å². The van der Waals surface area contributed by atoms with Crippen molar-refractivity contribution in [3.63, 3.8) is 0 Å². The summed E-state index contributed by atoms with van der Waals surface area (Å²) in [6, 6.07) is 15.2. The Morgan fingerprint density at radius 2 is 1.77 bits per heavy atom. The Balaban J connectivity index is 1.67. The predicted molar refractivity (Wildman–Crippen MR) is 125 cm³/mol. The molecule has 0 spiro atoms. The van der Waals surface area contributed by atoms with Crippen molar-refractivity contribution in [1.82, 2.24) is 9.80 Å². The fourth-order valence-electron chi connectivity index (χ4n) is 4.54. The molecule has 1 N–H and O–H groups in total. The minimum atomic E-state index is -1.25. The smallest absolute Gasteiger partial charge is 0.411 e. The van der Waals surface area contributed by atoms with Gasteiger partial charge in [0.1, 0.15) is 18.7 Å². The van der Waals surface area contributed by atoms with E-state index in [9.17, 15) is 24.3 Å². The molecule has 3 unspecified atom stereocenters. The number of amides is 2. The highest BCUT2D eigenvalue weighted by Crippen LogP contribution is 2.38. The molecular weight excluding hydrogens is 452 g/mol. The van der Waals surface area contributed by atoms with E-state index in [1.54, 1.807) is 12.2 Å². The van der Waals surface area contributed by atoms with Gasteiger partial charge in [-0.1, -0.05) is 72.8 Å². The van der Waals surface area contributed by atoms with Crippen LogP contribution in [0.3, 0.4) is 0 Å². The number of esters is 1. The van der Waals surface area contributed by atoms with Crippen LogP contribution in [0.15, 0.2) is 66.7 Å². The number of β-lactam (4-membered cyclic amide) rings is 1. The molecule has 0 aliphatic carbocycles. The van der Waals surface area contributed by atoms with Gasteiger partial charge in [0.25, 0.3) is 0 Å². The summed E-state index contributed by atoms with van der Waals surface area (Å²) in [5.74, 6) is -2.31. The Morgan fingerprint density at radius 3 is 2.40 bits per heavy atom. The number of carbonyl (C=O) groups excluding carboxylic acids is 3. The van der Waals surface area contributed by atoms with Crippen molar-refractivity contribution in [3.8, 4) is 0 Å². The number of hydrogen-bond acceptors (Lipinski definition) is 6. The van der Waals surface area contributed by atoms with Crippen LogP contribution in [0.4, 0.5) is 4.79 Å². The first-order chi connectivity index (χ1) is 16.9. The van der Waals surface area contributed by atoms with Crippen LogP contribution in [0.5, 0.6) is 0 Å². The van der Waals surface area contributed by atoms with Crippen molar-refractivity contribution in [3.05, 3.63) is 77.9 Å². The summed E-state index contributed by atoms with van der Waals surface area (Å²) in [5.41, 5.74) is 1.67. The number of likely N-dealkylation sites (tertiary alicyclic amines) is 1. The lowest BCUT2D eigenvalue weighted by Crippen LogP contribution is -2.73. The van der Waals surface area contributed by atoms with E-state index in [2.05, 4.69) is 4.74 Å². The van der Waals surface area contributed by atoms with Crippen molar-refractivity contribution >= 4 is 30.0 Å². The van der Waals surface area contributed by atoms with Gasteiger partial charge in [-0.2, -0.15) is 0 Å². The Morgan fingerprint density at radius 1 is 1.11 bits per heavy atom. The maximum absolute atomic E-state index is 13.4. The summed E-state index contributed by atoms with van der Waals surface area (Å²) in [6.45, 7) is 0.0897. The average Bonchev–Trinajstić information content (AvgIpc) is 3.25. The van der Waals surface area contributed by atoms with Crippen LogP contribution in [-0.4, -0.2) is 70.7 Å². The predicted octanol–water partition coefficient (Wildman–Crippen LogP) is 2.88. The number of methoxy groups -OCH3 is 1. The van der Waals surface area contributed by atoms with Gasteiger partial charge in [-0.3, -0.25) is 14.5 Å². The number of rotatable bonds is 9. The molecular formula is C26H26N2O7. The number of carboxylic acid groups (broad SMARTS) is 1. The van der Waals surface area contributed by atoms with E-state index in [4.69, 9.17) is 4.74 Å². The first kappa shape index (κ1) is 24.0. The zero-order chi connectivity index (χ0) is 24.9. The molecule has 182 valence electrons. The lowest BCUT2D eigenvalue weighted by molar-refractivity contribution is -0.168. The van der Waals surface area contributed by atoms with E-state index in [-0.39, 0.29) is 19.4 Å². The minimum Gasteiger partial charge on any atom is -0.480 e. The molecule has 9 nitrogen and oxygen atoms in total. The zero-order valence-electron chi connectivity index (χ0n) is 19.2. The summed E-state index contributed by atoms with van der Waals surface area (Å²) < 4.78 is 9.93. The molecule has 0 bridgehead atoms. The standard InChI is InChI=1S/C26H26N2O7/c1-34-22(29)15-14-20(25(31)32)27-19(13-12-17-8-4-2-5-9-17)23(24(27)30)28-21(16-35-26(28)33)18-10-6-3-7-11-18/h2-13,19-21,23H,14-16H2,1H3,(H,31,32)/t19?,20?,21-,23?/m1/s1. The van der Waals surface area contributed by atoms with Crippen LogP contribution in [-0.2, 0) is 23.9 Å².